The number of halogens is 4. The molecule has 9 nitrogen and oxygen atoms in total. The molecule has 0 aliphatic rings. The van der Waals surface area contributed by atoms with Crippen LogP contribution in [0.25, 0.3) is 16.6 Å². The molecule has 0 radical (unpaired) electrons. The van der Waals surface area contributed by atoms with Gasteiger partial charge in [0, 0.05) is 5.56 Å². The van der Waals surface area contributed by atoms with Crippen LogP contribution in [0.3, 0.4) is 0 Å². The van der Waals surface area contributed by atoms with Gasteiger partial charge in [0.25, 0.3) is 12.0 Å². The second kappa shape index (κ2) is 9.11. The van der Waals surface area contributed by atoms with Gasteiger partial charge in [-0.1, -0.05) is 17.7 Å². The van der Waals surface area contributed by atoms with Gasteiger partial charge in [0.2, 0.25) is 5.95 Å². The fraction of sp³-hybridized carbons (Fsp3) is 0.136. The lowest BCUT2D eigenvalue weighted by Gasteiger charge is -2.21. The molecule has 2 aromatic heterocycles. The normalized spacial score (nSPS) is 12.0. The number of nitrogens with one attached hydrogen (secondary N) is 1. The van der Waals surface area contributed by atoms with E-state index >= 15 is 0 Å². The summed E-state index contributed by atoms with van der Waals surface area (Å²) in [6, 6.07) is 8.16. The molecule has 13 heteroatoms. The minimum Gasteiger partial charge on any atom is -0.382 e. The Hall–Kier alpha value is -4.37. The average Bonchev–Trinajstić information content (AvgIpc) is 2.78. The molecule has 35 heavy (non-hydrogen) atoms. The summed E-state index contributed by atoms with van der Waals surface area (Å²) in [6.07, 6.45) is -2.98. The van der Waals surface area contributed by atoms with Crippen LogP contribution >= 0.6 is 11.6 Å². The van der Waals surface area contributed by atoms with Gasteiger partial charge in [-0.3, -0.25) is 9.36 Å². The van der Waals surface area contributed by atoms with Gasteiger partial charge >= 0.3 is 0 Å². The molecule has 0 aliphatic heterocycles. The summed E-state index contributed by atoms with van der Waals surface area (Å²) >= 11 is 6.23. The van der Waals surface area contributed by atoms with Gasteiger partial charge in [0.1, 0.15) is 29.1 Å². The molecule has 0 fully saturated rings. The number of anilines is 3. The third-order valence-electron chi connectivity index (χ3n) is 5.09. The van der Waals surface area contributed by atoms with E-state index in [0.29, 0.717) is 6.07 Å². The number of alkyl halides is 2. The number of benzene rings is 2. The molecule has 0 aliphatic carbocycles. The van der Waals surface area contributed by atoms with E-state index in [4.69, 9.17) is 23.1 Å². The molecule has 0 spiro atoms. The maximum Gasteiger partial charge on any atom is 0.267 e. The number of nitrogen functional groups attached to an aromatic ring is 2. The smallest absolute Gasteiger partial charge is 0.267 e. The van der Waals surface area contributed by atoms with Crippen LogP contribution < -0.4 is 22.3 Å². The molecule has 0 amide bonds. The number of nitrogens with two attached hydrogens (primary N) is 2. The van der Waals surface area contributed by atoms with Crippen molar-refractivity contribution >= 4 is 40.1 Å². The van der Waals surface area contributed by atoms with Gasteiger partial charge in [-0.15, -0.1) is 0 Å². The molecule has 1 unspecified atom stereocenters. The van der Waals surface area contributed by atoms with E-state index in [1.165, 1.54) is 6.07 Å². The number of rotatable bonds is 5. The largest absolute Gasteiger partial charge is 0.382 e. The van der Waals surface area contributed by atoms with E-state index in [-0.39, 0.29) is 50.6 Å². The molecule has 0 saturated heterocycles. The zero-order valence-electron chi connectivity index (χ0n) is 17.9. The van der Waals surface area contributed by atoms with Crippen LogP contribution in [0.15, 0.2) is 41.2 Å². The number of hydrogen-bond acceptors (Lipinski definition) is 8. The number of hydrogen-bond donors (Lipinski definition) is 3. The van der Waals surface area contributed by atoms with Crippen molar-refractivity contribution in [2.24, 2.45) is 0 Å². The van der Waals surface area contributed by atoms with Gasteiger partial charge in [0.05, 0.1) is 27.7 Å². The third kappa shape index (κ3) is 4.41. The quantitative estimate of drug-likeness (QED) is 0.370. The lowest BCUT2D eigenvalue weighted by atomic mass is 10.1. The Morgan fingerprint density at radius 2 is 1.91 bits per heavy atom. The third-order valence-corrected chi connectivity index (χ3v) is 5.41. The molecule has 5 N–H and O–H groups in total. The first kappa shape index (κ1) is 23.8. The molecule has 2 heterocycles. The molecular weight excluding hydrogens is 485 g/mol. The predicted octanol–water partition coefficient (Wildman–Crippen LogP) is 4.11. The van der Waals surface area contributed by atoms with Crippen molar-refractivity contribution in [2.45, 2.75) is 19.4 Å². The van der Waals surface area contributed by atoms with Gasteiger partial charge in [0.15, 0.2) is 5.82 Å². The van der Waals surface area contributed by atoms with Crippen LogP contribution in [0.1, 0.15) is 36.3 Å². The van der Waals surface area contributed by atoms with Gasteiger partial charge < -0.3 is 16.8 Å². The summed E-state index contributed by atoms with van der Waals surface area (Å²) < 4.78 is 42.0. The maximum atomic E-state index is 14.3. The number of nitrogens with zero attached hydrogens (tertiary/aromatic N) is 5. The van der Waals surface area contributed by atoms with Crippen molar-refractivity contribution in [3.05, 3.63) is 74.5 Å². The van der Waals surface area contributed by atoms with Crippen LogP contribution in [0.5, 0.6) is 0 Å². The van der Waals surface area contributed by atoms with E-state index in [0.717, 1.165) is 16.7 Å². The second-order valence-corrected chi connectivity index (χ2v) is 7.86. The zero-order chi connectivity index (χ0) is 25.4. The summed E-state index contributed by atoms with van der Waals surface area (Å²) in [7, 11) is 0. The number of aromatic nitrogens is 4. The molecule has 0 saturated carbocycles. The highest BCUT2D eigenvalue weighted by atomic mass is 35.5. The first-order valence-corrected chi connectivity index (χ1v) is 10.4. The average molecular weight is 501 g/mol. The molecule has 0 bridgehead atoms. The van der Waals surface area contributed by atoms with Crippen molar-refractivity contribution in [1.29, 1.82) is 5.26 Å². The summed E-state index contributed by atoms with van der Waals surface area (Å²) in [5.74, 6) is -1.39. The first-order chi connectivity index (χ1) is 16.6. The second-order valence-electron chi connectivity index (χ2n) is 7.46. The van der Waals surface area contributed by atoms with E-state index in [1.54, 1.807) is 19.1 Å². The van der Waals surface area contributed by atoms with Crippen molar-refractivity contribution in [3.63, 3.8) is 0 Å². The van der Waals surface area contributed by atoms with Crippen LogP contribution in [0.2, 0.25) is 5.02 Å². The standard InChI is InChI=1S/C22H16ClF3N8O/c1-9(30-19-13(8-27)18(28)32-22(29)33-19)20-31-15-4-2-3-14(23)16(15)21(35)34(20)12-6-10(17(25)26)5-11(24)7-12/h2-7,9,17H,1H3,(H5,28,29,30,32,33). The fourth-order valence-electron chi connectivity index (χ4n) is 3.58. The summed E-state index contributed by atoms with van der Waals surface area (Å²) in [4.78, 5) is 25.7. The first-order valence-electron chi connectivity index (χ1n) is 10.0. The summed E-state index contributed by atoms with van der Waals surface area (Å²) in [6.45, 7) is 1.57. The minimum atomic E-state index is -2.98. The van der Waals surface area contributed by atoms with E-state index in [1.807, 2.05) is 6.07 Å². The Bertz CT molecular complexity index is 1570. The fourth-order valence-corrected chi connectivity index (χ4v) is 3.83. The SMILES string of the molecule is CC(Nc1nc(N)nc(N)c1C#N)c1nc2cccc(Cl)c2c(=O)n1-c1cc(F)cc(C(F)F)c1. The van der Waals surface area contributed by atoms with Crippen molar-refractivity contribution in [2.75, 3.05) is 16.8 Å². The maximum absolute atomic E-state index is 14.3. The van der Waals surface area contributed by atoms with Crippen molar-refractivity contribution in [1.82, 2.24) is 19.5 Å². The Balaban J connectivity index is 1.99. The molecule has 4 aromatic rings. The van der Waals surface area contributed by atoms with Gasteiger partial charge in [-0.2, -0.15) is 15.2 Å². The lowest BCUT2D eigenvalue weighted by molar-refractivity contribution is 0.151. The van der Waals surface area contributed by atoms with Crippen molar-refractivity contribution in [3.8, 4) is 11.8 Å². The highest BCUT2D eigenvalue weighted by molar-refractivity contribution is 6.35. The Labute approximate surface area is 200 Å². The lowest BCUT2D eigenvalue weighted by Crippen LogP contribution is -2.28. The van der Waals surface area contributed by atoms with Crippen molar-refractivity contribution < 1.29 is 13.2 Å². The molecule has 2 aromatic carbocycles. The molecule has 1 atom stereocenters. The predicted molar refractivity (Wildman–Crippen MR) is 125 cm³/mol. The Morgan fingerprint density at radius 3 is 2.60 bits per heavy atom. The summed E-state index contributed by atoms with van der Waals surface area (Å²) in [5.41, 5.74) is 9.99. The van der Waals surface area contributed by atoms with Gasteiger partial charge in [-0.05, 0) is 37.3 Å². The Kier molecular flexibility index (Phi) is 6.19. The number of nitriles is 1. The molecule has 4 rings (SSSR count). The topological polar surface area (TPSA) is 149 Å². The summed E-state index contributed by atoms with van der Waals surface area (Å²) in [5, 5.41) is 12.4. The highest BCUT2D eigenvalue weighted by Crippen LogP contribution is 2.28. The van der Waals surface area contributed by atoms with E-state index < -0.39 is 29.4 Å². The Morgan fingerprint density at radius 1 is 1.17 bits per heavy atom. The van der Waals surface area contributed by atoms with Gasteiger partial charge in [-0.25, -0.2) is 18.2 Å². The number of fused-ring (bicyclic) bond motifs is 1. The van der Waals surface area contributed by atoms with E-state index in [2.05, 4.69) is 20.3 Å². The zero-order valence-corrected chi connectivity index (χ0v) is 18.7. The highest BCUT2D eigenvalue weighted by Gasteiger charge is 2.23. The van der Waals surface area contributed by atoms with Crippen LogP contribution in [-0.4, -0.2) is 19.5 Å². The monoisotopic (exact) mass is 500 g/mol. The molecular formula is C22H16ClF3N8O. The minimum absolute atomic E-state index is 0.00442. The van der Waals surface area contributed by atoms with E-state index in [9.17, 15) is 23.2 Å². The van der Waals surface area contributed by atoms with Crippen LogP contribution in [-0.2, 0) is 0 Å². The molecule has 178 valence electrons. The van der Waals surface area contributed by atoms with Crippen LogP contribution in [0.4, 0.5) is 30.8 Å². The van der Waals surface area contributed by atoms with Crippen LogP contribution in [0, 0.1) is 17.1 Å².